The van der Waals surface area contributed by atoms with E-state index in [0.717, 1.165) is 30.4 Å². The van der Waals surface area contributed by atoms with E-state index in [9.17, 15) is 23.5 Å². The summed E-state index contributed by atoms with van der Waals surface area (Å²) in [6.45, 7) is 0.485. The largest absolute Gasteiger partial charge is 0.374 e. The summed E-state index contributed by atoms with van der Waals surface area (Å²) < 4.78 is 27.1. The molecular weight excluding hydrogens is 440 g/mol. The van der Waals surface area contributed by atoms with Crippen molar-refractivity contribution in [2.24, 2.45) is 5.92 Å². The van der Waals surface area contributed by atoms with Gasteiger partial charge in [-0.25, -0.2) is 8.78 Å². The molecule has 1 saturated heterocycles. The smallest absolute Gasteiger partial charge is 0.248 e. The fourth-order valence-corrected chi connectivity index (χ4v) is 6.40. The number of fused-ring (bicyclic) bond motifs is 1. The molecule has 1 unspecified atom stereocenters. The Labute approximate surface area is 199 Å². The number of hydrogen-bond acceptors (Lipinski definition) is 5. The second kappa shape index (κ2) is 9.63. The van der Waals surface area contributed by atoms with Gasteiger partial charge in [0, 0.05) is 37.9 Å². The van der Waals surface area contributed by atoms with E-state index in [4.69, 9.17) is 0 Å². The average Bonchev–Trinajstić information content (AvgIpc) is 3.12. The number of nitrogens with zero attached hydrogens (tertiary/aromatic N) is 1. The molecule has 0 radical (unpaired) electrons. The van der Waals surface area contributed by atoms with Crippen molar-refractivity contribution in [2.45, 2.75) is 107 Å². The van der Waals surface area contributed by atoms with Crippen LogP contribution < -0.4 is 10.6 Å². The van der Waals surface area contributed by atoms with Gasteiger partial charge in [-0.1, -0.05) is 31.0 Å². The third-order valence-electron chi connectivity index (χ3n) is 8.34. The Hall–Kier alpha value is -1.90. The number of carbonyl (C=O) groups excluding carboxylic acids is 2. The van der Waals surface area contributed by atoms with Gasteiger partial charge in [-0.2, -0.15) is 0 Å². The van der Waals surface area contributed by atoms with Gasteiger partial charge < -0.3 is 10.4 Å². The monoisotopic (exact) mass is 475 g/mol. The van der Waals surface area contributed by atoms with Crippen LogP contribution in [-0.2, 0) is 22.6 Å². The molecule has 0 bridgehead atoms. The zero-order chi connectivity index (χ0) is 23.9. The van der Waals surface area contributed by atoms with E-state index < -0.39 is 18.2 Å². The van der Waals surface area contributed by atoms with Crippen LogP contribution in [-0.4, -0.2) is 45.9 Å². The number of piperidine rings is 1. The molecule has 2 aliphatic carbocycles. The fourth-order valence-electron chi connectivity index (χ4n) is 6.40. The number of rotatable bonds is 5. The second-order valence-electron chi connectivity index (χ2n) is 10.7. The molecule has 2 heterocycles. The number of halogens is 2. The van der Waals surface area contributed by atoms with Gasteiger partial charge >= 0.3 is 0 Å². The summed E-state index contributed by atoms with van der Waals surface area (Å²) in [6, 6.07) is 6.22. The van der Waals surface area contributed by atoms with Gasteiger partial charge in [-0.3, -0.25) is 19.8 Å². The van der Waals surface area contributed by atoms with Crippen molar-refractivity contribution in [3.8, 4) is 0 Å². The summed E-state index contributed by atoms with van der Waals surface area (Å²) in [5.74, 6) is -2.63. The van der Waals surface area contributed by atoms with Crippen molar-refractivity contribution in [3.63, 3.8) is 0 Å². The van der Waals surface area contributed by atoms with Gasteiger partial charge in [0.05, 0.1) is 6.04 Å². The molecule has 2 saturated carbocycles. The normalized spacial score (nSPS) is 32.4. The van der Waals surface area contributed by atoms with Crippen LogP contribution in [0.1, 0.15) is 87.1 Å². The van der Waals surface area contributed by atoms with Crippen molar-refractivity contribution >= 4 is 11.8 Å². The Kier molecular flexibility index (Phi) is 6.75. The Balaban J connectivity index is 1.23. The summed E-state index contributed by atoms with van der Waals surface area (Å²) in [5, 5.41) is 17.0. The molecule has 0 aromatic heterocycles. The lowest BCUT2D eigenvalue weighted by molar-refractivity contribution is -0.141. The zero-order valence-electron chi connectivity index (χ0n) is 19.6. The minimum atomic E-state index is -2.50. The van der Waals surface area contributed by atoms with Crippen LogP contribution in [0.4, 0.5) is 8.78 Å². The van der Waals surface area contributed by atoms with Gasteiger partial charge in [-0.15, -0.1) is 0 Å². The number of benzene rings is 1. The van der Waals surface area contributed by atoms with Crippen LogP contribution in [0.2, 0.25) is 0 Å². The van der Waals surface area contributed by atoms with Gasteiger partial charge in [-0.05, 0) is 61.1 Å². The summed E-state index contributed by atoms with van der Waals surface area (Å²) in [6.07, 6.45) is 6.43. The average molecular weight is 476 g/mol. The van der Waals surface area contributed by atoms with Crippen molar-refractivity contribution < 1.29 is 23.5 Å². The lowest BCUT2D eigenvalue weighted by Gasteiger charge is -2.38. The quantitative estimate of drug-likeness (QED) is 0.568. The number of imide groups is 1. The van der Waals surface area contributed by atoms with E-state index in [0.29, 0.717) is 37.8 Å². The van der Waals surface area contributed by atoms with Gasteiger partial charge in [0.15, 0.2) is 0 Å². The number of aliphatic hydroxyl groups excluding tert-OH is 1. The Bertz CT molecular complexity index is 930. The Morgan fingerprint density at radius 1 is 1.09 bits per heavy atom. The number of aliphatic hydroxyl groups is 1. The number of carbonyl (C=O) groups is 2. The maximum atomic E-state index is 13.6. The molecule has 6 nitrogen and oxygen atoms in total. The first kappa shape index (κ1) is 23.8. The van der Waals surface area contributed by atoms with Gasteiger partial charge in [0.2, 0.25) is 17.7 Å². The zero-order valence-corrected chi connectivity index (χ0v) is 19.6. The molecule has 5 rings (SSSR count). The van der Waals surface area contributed by atoms with Crippen molar-refractivity contribution in [1.29, 1.82) is 0 Å². The summed E-state index contributed by atoms with van der Waals surface area (Å²) >= 11 is 0. The highest BCUT2D eigenvalue weighted by atomic mass is 19.3. The molecule has 4 aliphatic rings. The fraction of sp³-hybridized carbons (Fsp3) is 0.692. The van der Waals surface area contributed by atoms with E-state index in [-0.39, 0.29) is 37.1 Å². The minimum Gasteiger partial charge on any atom is -0.374 e. The van der Waals surface area contributed by atoms with Gasteiger partial charge in [0.1, 0.15) is 6.23 Å². The van der Waals surface area contributed by atoms with Crippen LogP contribution in [0.3, 0.4) is 0 Å². The molecule has 2 aliphatic heterocycles. The number of hydrogen-bond donors (Lipinski definition) is 3. The van der Waals surface area contributed by atoms with E-state index in [2.05, 4.69) is 22.8 Å². The van der Waals surface area contributed by atoms with E-state index in [1.54, 1.807) is 4.90 Å². The summed E-state index contributed by atoms with van der Waals surface area (Å²) in [7, 11) is 0. The van der Waals surface area contributed by atoms with Crippen molar-refractivity contribution in [2.75, 3.05) is 0 Å². The molecule has 8 heteroatoms. The number of alkyl halides is 2. The van der Waals surface area contributed by atoms with E-state index >= 15 is 0 Å². The summed E-state index contributed by atoms with van der Waals surface area (Å²) in [5.41, 5.74) is 3.07. The molecule has 4 atom stereocenters. The molecule has 1 aromatic rings. The standard InChI is InChI=1S/C26H35F2N3O3/c27-26(28)11-9-19(10-12-26)29-21-4-2-1-3-17(21)13-16-5-6-20-18(14-16)15-31(25(20)34)22-7-8-23(32)30-24(22)33/h5-6,14,17,19,21-22,25,29,34H,1-4,7-13,15H2,(H,30,32,33)/t17-,21+,22+,25?/m1/s1. The third-order valence-corrected chi connectivity index (χ3v) is 8.34. The van der Waals surface area contributed by atoms with E-state index in [1.165, 1.54) is 18.4 Å². The molecule has 186 valence electrons. The molecule has 2 amide bonds. The van der Waals surface area contributed by atoms with Crippen LogP contribution in [0.15, 0.2) is 18.2 Å². The molecule has 3 N–H and O–H groups in total. The van der Waals surface area contributed by atoms with Crippen LogP contribution >= 0.6 is 0 Å². The third kappa shape index (κ3) is 5.04. The van der Waals surface area contributed by atoms with Gasteiger partial charge in [0.25, 0.3) is 0 Å². The summed E-state index contributed by atoms with van der Waals surface area (Å²) in [4.78, 5) is 25.6. The molecule has 34 heavy (non-hydrogen) atoms. The maximum Gasteiger partial charge on any atom is 0.248 e. The van der Waals surface area contributed by atoms with Crippen LogP contribution in [0, 0.1) is 5.92 Å². The first-order valence-corrected chi connectivity index (χ1v) is 12.8. The lowest BCUT2D eigenvalue weighted by Crippen LogP contribution is -2.51. The van der Waals surface area contributed by atoms with E-state index in [1.807, 2.05) is 6.07 Å². The first-order valence-electron chi connectivity index (χ1n) is 12.8. The minimum absolute atomic E-state index is 0.0150. The van der Waals surface area contributed by atoms with Crippen LogP contribution in [0.5, 0.6) is 0 Å². The highest BCUT2D eigenvalue weighted by molar-refractivity contribution is 6.00. The topological polar surface area (TPSA) is 81.7 Å². The van der Waals surface area contributed by atoms with Crippen molar-refractivity contribution in [1.82, 2.24) is 15.5 Å². The predicted molar refractivity (Wildman–Crippen MR) is 123 cm³/mol. The first-order chi connectivity index (χ1) is 16.3. The molecule has 3 fully saturated rings. The highest BCUT2D eigenvalue weighted by Crippen LogP contribution is 2.38. The lowest BCUT2D eigenvalue weighted by atomic mass is 9.79. The molecule has 0 spiro atoms. The predicted octanol–water partition coefficient (Wildman–Crippen LogP) is 3.57. The Morgan fingerprint density at radius 2 is 1.85 bits per heavy atom. The van der Waals surface area contributed by atoms with Crippen LogP contribution in [0.25, 0.3) is 0 Å². The SMILES string of the molecule is O=C1CC[C@H](N2Cc3cc(C[C@H]4CCCC[C@@H]4NC4CCC(F)(F)CC4)ccc3C2O)C(=O)N1. The Morgan fingerprint density at radius 3 is 2.62 bits per heavy atom. The number of nitrogens with one attached hydrogen (secondary N) is 2. The molecular formula is C26H35F2N3O3. The second-order valence-corrected chi connectivity index (χ2v) is 10.7. The molecule has 1 aromatic carbocycles. The maximum absolute atomic E-state index is 13.6. The number of amides is 2. The van der Waals surface area contributed by atoms with Crippen molar-refractivity contribution in [3.05, 3.63) is 34.9 Å². The highest BCUT2D eigenvalue weighted by Gasteiger charge is 2.40.